The first-order valence-electron chi connectivity index (χ1n) is 10.4. The monoisotopic (exact) mass is 419 g/mol. The fraction of sp³-hybridized carbons (Fsp3) is 0.545. The summed E-state index contributed by atoms with van der Waals surface area (Å²) in [6, 6.07) is 6.47. The summed E-state index contributed by atoms with van der Waals surface area (Å²) in [7, 11) is 0. The van der Waals surface area contributed by atoms with Crippen molar-refractivity contribution in [1.82, 2.24) is 15.1 Å². The number of ether oxygens (including phenoxy) is 1. The third-order valence-electron chi connectivity index (χ3n) is 5.70. The largest absolute Gasteiger partial charge is 0.463 e. The number of rotatable bonds is 6. The summed E-state index contributed by atoms with van der Waals surface area (Å²) < 4.78 is 5.40. The van der Waals surface area contributed by atoms with Crippen molar-refractivity contribution in [1.29, 1.82) is 0 Å². The van der Waals surface area contributed by atoms with Gasteiger partial charge >= 0.3 is 12.0 Å². The molecule has 1 aromatic rings. The first kappa shape index (κ1) is 21.7. The van der Waals surface area contributed by atoms with Gasteiger partial charge in [0.05, 0.1) is 18.2 Å². The molecule has 7 heteroatoms. The molecule has 1 aromatic carbocycles. The highest BCUT2D eigenvalue weighted by atomic mass is 35.5. The number of carbonyl (C=O) groups excluding carboxylic acids is 2. The fourth-order valence-electron chi connectivity index (χ4n) is 3.99. The minimum Gasteiger partial charge on any atom is -0.463 e. The highest BCUT2D eigenvalue weighted by Gasteiger charge is 2.38. The van der Waals surface area contributed by atoms with E-state index in [-0.39, 0.29) is 18.6 Å². The molecule has 0 aromatic heterocycles. The Bertz CT molecular complexity index is 770. The van der Waals surface area contributed by atoms with Crippen molar-refractivity contribution in [2.24, 2.45) is 5.92 Å². The minimum absolute atomic E-state index is 0.194. The molecule has 0 saturated carbocycles. The third kappa shape index (κ3) is 4.93. The molecule has 0 aliphatic carbocycles. The van der Waals surface area contributed by atoms with E-state index in [1.807, 2.05) is 19.1 Å². The number of urea groups is 1. The maximum atomic E-state index is 13.0. The summed E-state index contributed by atoms with van der Waals surface area (Å²) in [6.07, 6.45) is 2.25. The van der Waals surface area contributed by atoms with Gasteiger partial charge in [0.25, 0.3) is 0 Å². The molecule has 2 aliphatic heterocycles. The normalized spacial score (nSPS) is 21.3. The van der Waals surface area contributed by atoms with E-state index in [9.17, 15) is 9.59 Å². The van der Waals surface area contributed by atoms with Gasteiger partial charge in [0.1, 0.15) is 0 Å². The lowest BCUT2D eigenvalue weighted by atomic mass is 9.93. The highest BCUT2D eigenvalue weighted by molar-refractivity contribution is 6.30. The van der Waals surface area contributed by atoms with Crippen molar-refractivity contribution in [3.63, 3.8) is 0 Å². The number of hydrogen-bond acceptors (Lipinski definition) is 4. The Morgan fingerprint density at radius 3 is 2.45 bits per heavy atom. The number of halogens is 1. The molecule has 29 heavy (non-hydrogen) atoms. The molecule has 158 valence electrons. The standard InChI is InChI=1S/C22H30ClN3O3/c1-4-26-18(14-25-12-10-15(3)11-13-25)19(21(27)29-5-2)20(24-22(26)28)16-6-8-17(23)9-7-16/h6-9,15,20H,4-5,10-14H2,1-3H3,(H,24,28). The van der Waals surface area contributed by atoms with Crippen molar-refractivity contribution >= 4 is 23.6 Å². The van der Waals surface area contributed by atoms with Crippen molar-refractivity contribution in [2.45, 2.75) is 39.7 Å². The van der Waals surface area contributed by atoms with Crippen LogP contribution in [0.3, 0.4) is 0 Å². The lowest BCUT2D eigenvalue weighted by Crippen LogP contribution is -2.51. The molecular weight excluding hydrogens is 390 g/mol. The summed E-state index contributed by atoms with van der Waals surface area (Å²) in [5.74, 6) is 0.329. The van der Waals surface area contributed by atoms with E-state index < -0.39 is 6.04 Å². The van der Waals surface area contributed by atoms with Gasteiger partial charge in [0.2, 0.25) is 0 Å². The van der Waals surface area contributed by atoms with Crippen LogP contribution in [0, 0.1) is 5.92 Å². The van der Waals surface area contributed by atoms with Gasteiger partial charge in [0.15, 0.2) is 0 Å². The molecule has 2 heterocycles. The van der Waals surface area contributed by atoms with Crippen LogP contribution in [-0.2, 0) is 9.53 Å². The highest BCUT2D eigenvalue weighted by Crippen LogP contribution is 2.33. The average molecular weight is 420 g/mol. The number of esters is 1. The van der Waals surface area contributed by atoms with Gasteiger partial charge < -0.3 is 10.1 Å². The molecule has 0 bridgehead atoms. The molecule has 3 rings (SSSR count). The van der Waals surface area contributed by atoms with Gasteiger partial charge in [-0.3, -0.25) is 9.80 Å². The van der Waals surface area contributed by atoms with E-state index in [0.717, 1.165) is 37.2 Å². The van der Waals surface area contributed by atoms with Crippen LogP contribution in [0.4, 0.5) is 4.79 Å². The lowest BCUT2D eigenvalue weighted by molar-refractivity contribution is -0.139. The van der Waals surface area contributed by atoms with Crippen LogP contribution in [0.1, 0.15) is 45.2 Å². The Morgan fingerprint density at radius 2 is 1.86 bits per heavy atom. The molecule has 2 amide bonds. The second kappa shape index (κ2) is 9.63. The van der Waals surface area contributed by atoms with Crippen molar-refractivity contribution in [3.8, 4) is 0 Å². The maximum Gasteiger partial charge on any atom is 0.338 e. The molecule has 0 spiro atoms. The Hall–Kier alpha value is -2.05. The number of piperidine rings is 1. The number of benzene rings is 1. The number of likely N-dealkylation sites (N-methyl/N-ethyl adjacent to an activating group) is 1. The molecular formula is C22H30ClN3O3. The van der Waals surface area contributed by atoms with Gasteiger partial charge in [-0.1, -0.05) is 30.7 Å². The average Bonchev–Trinajstić information content (AvgIpc) is 2.70. The second-order valence-corrected chi connectivity index (χ2v) is 8.15. The lowest BCUT2D eigenvalue weighted by Gasteiger charge is -2.39. The summed E-state index contributed by atoms with van der Waals surface area (Å²) in [5.41, 5.74) is 2.06. The Morgan fingerprint density at radius 1 is 1.21 bits per heavy atom. The quantitative estimate of drug-likeness (QED) is 0.708. The van der Waals surface area contributed by atoms with E-state index in [1.165, 1.54) is 0 Å². The zero-order valence-corrected chi connectivity index (χ0v) is 18.2. The van der Waals surface area contributed by atoms with Crippen LogP contribution in [-0.4, -0.2) is 54.6 Å². The first-order chi connectivity index (χ1) is 13.9. The summed E-state index contributed by atoms with van der Waals surface area (Å²) >= 11 is 6.04. The van der Waals surface area contributed by atoms with Crippen LogP contribution in [0.5, 0.6) is 0 Å². The molecule has 1 N–H and O–H groups in total. The Kier molecular flexibility index (Phi) is 7.19. The molecule has 1 fully saturated rings. The summed E-state index contributed by atoms with van der Waals surface area (Å²) in [4.78, 5) is 29.9. The number of nitrogens with one attached hydrogen (secondary N) is 1. The maximum absolute atomic E-state index is 13.0. The third-order valence-corrected chi connectivity index (χ3v) is 5.95. The van der Waals surface area contributed by atoms with Crippen LogP contribution < -0.4 is 5.32 Å². The predicted molar refractivity (Wildman–Crippen MR) is 114 cm³/mol. The number of amides is 2. The van der Waals surface area contributed by atoms with E-state index >= 15 is 0 Å². The van der Waals surface area contributed by atoms with Crippen LogP contribution >= 0.6 is 11.6 Å². The number of nitrogens with zero attached hydrogens (tertiary/aromatic N) is 2. The van der Waals surface area contributed by atoms with Crippen molar-refractivity contribution < 1.29 is 14.3 Å². The van der Waals surface area contributed by atoms with E-state index in [4.69, 9.17) is 16.3 Å². The fourth-order valence-corrected chi connectivity index (χ4v) is 4.12. The molecule has 1 atom stereocenters. The zero-order chi connectivity index (χ0) is 21.0. The topological polar surface area (TPSA) is 61.9 Å². The van der Waals surface area contributed by atoms with Crippen LogP contribution in [0.25, 0.3) is 0 Å². The minimum atomic E-state index is -0.555. The smallest absolute Gasteiger partial charge is 0.338 e. The summed E-state index contributed by atoms with van der Waals surface area (Å²) in [5, 5.41) is 3.59. The van der Waals surface area contributed by atoms with Gasteiger partial charge in [-0.15, -0.1) is 0 Å². The number of likely N-dealkylation sites (tertiary alicyclic amines) is 1. The predicted octanol–water partition coefficient (Wildman–Crippen LogP) is 3.98. The molecule has 6 nitrogen and oxygen atoms in total. The van der Waals surface area contributed by atoms with Crippen LogP contribution in [0.15, 0.2) is 35.5 Å². The summed E-state index contributed by atoms with van der Waals surface area (Å²) in [6.45, 7) is 9.24. The SMILES string of the molecule is CCOC(=O)C1=C(CN2CCC(C)CC2)N(CC)C(=O)NC1c1ccc(Cl)cc1. The second-order valence-electron chi connectivity index (χ2n) is 7.72. The Balaban J connectivity index is 2.04. The van der Waals surface area contributed by atoms with E-state index in [2.05, 4.69) is 17.1 Å². The van der Waals surface area contributed by atoms with Crippen molar-refractivity contribution in [2.75, 3.05) is 32.8 Å². The van der Waals surface area contributed by atoms with Crippen LogP contribution in [0.2, 0.25) is 5.02 Å². The Labute approximate surface area is 177 Å². The van der Waals surface area contributed by atoms with E-state index in [0.29, 0.717) is 29.6 Å². The van der Waals surface area contributed by atoms with Gasteiger partial charge in [0, 0.05) is 23.8 Å². The molecule has 1 unspecified atom stereocenters. The van der Waals surface area contributed by atoms with Gasteiger partial charge in [-0.05, 0) is 63.4 Å². The number of hydrogen-bond donors (Lipinski definition) is 1. The molecule has 1 saturated heterocycles. The van der Waals surface area contributed by atoms with Gasteiger partial charge in [-0.25, -0.2) is 9.59 Å². The molecule has 2 aliphatic rings. The van der Waals surface area contributed by atoms with Gasteiger partial charge in [-0.2, -0.15) is 0 Å². The first-order valence-corrected chi connectivity index (χ1v) is 10.8. The van der Waals surface area contributed by atoms with E-state index in [1.54, 1.807) is 24.0 Å². The number of carbonyl (C=O) groups is 2. The van der Waals surface area contributed by atoms with Crippen molar-refractivity contribution in [3.05, 3.63) is 46.1 Å². The molecule has 0 radical (unpaired) electrons. The zero-order valence-electron chi connectivity index (χ0n) is 17.4.